The molecule has 6 rings (SSSR count). The van der Waals surface area contributed by atoms with Gasteiger partial charge in [-0.25, -0.2) is 0 Å². The van der Waals surface area contributed by atoms with E-state index in [1.54, 1.807) is 0 Å². The van der Waals surface area contributed by atoms with Gasteiger partial charge in [-0.2, -0.15) is 15.1 Å². The van der Waals surface area contributed by atoms with Gasteiger partial charge >= 0.3 is 0 Å². The summed E-state index contributed by atoms with van der Waals surface area (Å²) in [6.07, 6.45) is 7.34. The predicted octanol–water partition coefficient (Wildman–Crippen LogP) is 3.77. The van der Waals surface area contributed by atoms with Crippen molar-refractivity contribution in [2.24, 2.45) is 0 Å². The lowest BCUT2D eigenvalue weighted by Gasteiger charge is -2.36. The van der Waals surface area contributed by atoms with Crippen molar-refractivity contribution in [1.82, 2.24) is 30.2 Å². The Morgan fingerprint density at radius 2 is 1.82 bits per heavy atom. The van der Waals surface area contributed by atoms with Gasteiger partial charge in [0.1, 0.15) is 11.6 Å². The standard InChI is InChI=1S/C23H31N9O/c1-13-7-18(33-31-13)12-24-23-27-20(25-15-8-16-5-6-17(9-15)32(16)2)11-21(28-23)26-22-10-19(29-30-22)14-3-4-14/h7,10-11,14-17H,3-6,8-9,12H2,1-2H3,(H4,24,25,26,27,28,29,30). The molecule has 2 bridgehead atoms. The Balaban J connectivity index is 1.20. The fraction of sp³-hybridized carbons (Fsp3) is 0.565. The fourth-order valence-corrected chi connectivity index (χ4v) is 5.20. The second-order valence-electron chi connectivity index (χ2n) is 9.72. The van der Waals surface area contributed by atoms with E-state index >= 15 is 0 Å². The zero-order chi connectivity index (χ0) is 22.4. The van der Waals surface area contributed by atoms with Gasteiger partial charge in [0, 0.05) is 47.9 Å². The molecule has 174 valence electrons. The lowest BCUT2D eigenvalue weighted by Crippen LogP contribution is -2.44. The summed E-state index contributed by atoms with van der Waals surface area (Å²) in [6.45, 7) is 2.38. The Morgan fingerprint density at radius 1 is 1.03 bits per heavy atom. The molecular weight excluding hydrogens is 418 g/mol. The minimum Gasteiger partial charge on any atom is -0.367 e. The van der Waals surface area contributed by atoms with E-state index in [1.807, 2.05) is 19.1 Å². The Bertz CT molecular complexity index is 1110. The van der Waals surface area contributed by atoms with Crippen LogP contribution in [0.4, 0.5) is 23.4 Å². The first kappa shape index (κ1) is 20.5. The smallest absolute Gasteiger partial charge is 0.227 e. The van der Waals surface area contributed by atoms with Crippen molar-refractivity contribution in [2.45, 2.75) is 76.0 Å². The number of hydrogen-bond acceptors (Lipinski definition) is 9. The van der Waals surface area contributed by atoms with Crippen molar-refractivity contribution in [2.75, 3.05) is 23.0 Å². The molecule has 3 aromatic rings. The number of fused-ring (bicyclic) bond motifs is 2. The van der Waals surface area contributed by atoms with Gasteiger partial charge in [0.2, 0.25) is 5.95 Å². The van der Waals surface area contributed by atoms with E-state index in [-0.39, 0.29) is 0 Å². The van der Waals surface area contributed by atoms with Gasteiger partial charge in [0.05, 0.1) is 12.2 Å². The van der Waals surface area contributed by atoms with Crippen LogP contribution in [0.5, 0.6) is 0 Å². The molecule has 1 saturated carbocycles. The molecule has 3 aliphatic rings. The van der Waals surface area contributed by atoms with E-state index in [2.05, 4.69) is 54.3 Å². The Hall–Kier alpha value is -3.14. The number of nitrogens with one attached hydrogen (secondary N) is 4. The molecule has 5 heterocycles. The number of nitrogens with zero attached hydrogens (tertiary/aromatic N) is 5. The van der Waals surface area contributed by atoms with Crippen molar-refractivity contribution >= 4 is 23.4 Å². The summed E-state index contributed by atoms with van der Waals surface area (Å²) < 4.78 is 5.32. The molecule has 2 unspecified atom stereocenters. The molecule has 2 aliphatic heterocycles. The second-order valence-corrected chi connectivity index (χ2v) is 9.72. The molecule has 1 aliphatic carbocycles. The molecule has 0 aromatic carbocycles. The molecule has 0 amide bonds. The van der Waals surface area contributed by atoms with E-state index in [4.69, 9.17) is 9.51 Å². The number of rotatable bonds is 8. The van der Waals surface area contributed by atoms with E-state index in [0.717, 1.165) is 35.9 Å². The maximum absolute atomic E-state index is 5.32. The van der Waals surface area contributed by atoms with E-state index in [0.29, 0.717) is 42.4 Å². The van der Waals surface area contributed by atoms with E-state index < -0.39 is 0 Å². The Kier molecular flexibility index (Phi) is 5.17. The number of aromatic nitrogens is 5. The highest BCUT2D eigenvalue weighted by atomic mass is 16.5. The third-order valence-electron chi connectivity index (χ3n) is 7.14. The molecule has 10 heteroatoms. The van der Waals surface area contributed by atoms with Crippen LogP contribution in [0.1, 0.15) is 61.6 Å². The Labute approximate surface area is 192 Å². The summed E-state index contributed by atoms with van der Waals surface area (Å²) in [5, 5.41) is 21.8. The van der Waals surface area contributed by atoms with E-state index in [9.17, 15) is 0 Å². The average Bonchev–Trinajstić information content (AvgIpc) is 3.35. The van der Waals surface area contributed by atoms with Crippen molar-refractivity contribution < 1.29 is 4.52 Å². The number of hydrogen-bond donors (Lipinski definition) is 4. The molecule has 0 spiro atoms. The molecule has 3 fully saturated rings. The minimum absolute atomic E-state index is 0.415. The topological polar surface area (TPSA) is 120 Å². The molecule has 33 heavy (non-hydrogen) atoms. The van der Waals surface area contributed by atoms with Gasteiger partial charge in [-0.1, -0.05) is 5.16 Å². The molecule has 10 nitrogen and oxygen atoms in total. The largest absolute Gasteiger partial charge is 0.367 e. The maximum Gasteiger partial charge on any atom is 0.227 e. The first-order valence-electron chi connectivity index (χ1n) is 11.9. The predicted molar refractivity (Wildman–Crippen MR) is 126 cm³/mol. The molecule has 2 saturated heterocycles. The van der Waals surface area contributed by atoms with Crippen LogP contribution in [-0.4, -0.2) is 55.4 Å². The van der Waals surface area contributed by atoms with Crippen LogP contribution < -0.4 is 16.0 Å². The highest BCUT2D eigenvalue weighted by Gasteiger charge is 2.38. The molecule has 4 N–H and O–H groups in total. The first-order valence-corrected chi connectivity index (χ1v) is 11.9. The number of aryl methyl sites for hydroxylation is 1. The first-order chi connectivity index (χ1) is 16.1. The zero-order valence-corrected chi connectivity index (χ0v) is 19.1. The summed E-state index contributed by atoms with van der Waals surface area (Å²) in [5.41, 5.74) is 2.04. The summed E-state index contributed by atoms with van der Waals surface area (Å²) in [5.74, 6) is 4.19. The fourth-order valence-electron chi connectivity index (χ4n) is 5.20. The van der Waals surface area contributed by atoms with Gasteiger partial charge < -0.3 is 25.4 Å². The van der Waals surface area contributed by atoms with Gasteiger partial charge in [-0.05, 0) is 52.5 Å². The highest BCUT2D eigenvalue weighted by molar-refractivity contribution is 5.59. The van der Waals surface area contributed by atoms with Crippen LogP contribution in [0, 0.1) is 6.92 Å². The van der Waals surface area contributed by atoms with Crippen molar-refractivity contribution in [3.05, 3.63) is 35.3 Å². The molecule has 3 aromatic heterocycles. The summed E-state index contributed by atoms with van der Waals surface area (Å²) >= 11 is 0. The van der Waals surface area contributed by atoms with Crippen molar-refractivity contribution in [3.63, 3.8) is 0 Å². The van der Waals surface area contributed by atoms with Crippen LogP contribution in [0.25, 0.3) is 0 Å². The lowest BCUT2D eigenvalue weighted by atomic mass is 9.98. The SMILES string of the molecule is Cc1cc(CNc2nc(Nc3cc(C4CC4)[nH]n3)cc(NC3CC4CCC(C3)N4C)n2)on1. The van der Waals surface area contributed by atoms with Gasteiger partial charge in [0.15, 0.2) is 11.6 Å². The molecular formula is C23H31N9O. The van der Waals surface area contributed by atoms with Crippen LogP contribution in [0.15, 0.2) is 22.7 Å². The third-order valence-corrected chi connectivity index (χ3v) is 7.14. The van der Waals surface area contributed by atoms with Gasteiger partial charge in [0.25, 0.3) is 0 Å². The van der Waals surface area contributed by atoms with Crippen LogP contribution in [0.3, 0.4) is 0 Å². The second kappa shape index (κ2) is 8.33. The van der Waals surface area contributed by atoms with Gasteiger partial charge in [-0.3, -0.25) is 5.10 Å². The quantitative estimate of drug-likeness (QED) is 0.407. The lowest BCUT2D eigenvalue weighted by molar-refractivity contribution is 0.169. The van der Waals surface area contributed by atoms with E-state index in [1.165, 1.54) is 31.4 Å². The number of aromatic amines is 1. The van der Waals surface area contributed by atoms with Crippen LogP contribution in [0.2, 0.25) is 0 Å². The Morgan fingerprint density at radius 3 is 2.55 bits per heavy atom. The van der Waals surface area contributed by atoms with Crippen LogP contribution in [-0.2, 0) is 6.54 Å². The zero-order valence-electron chi connectivity index (χ0n) is 19.1. The summed E-state index contributed by atoms with van der Waals surface area (Å²) in [7, 11) is 2.26. The maximum atomic E-state index is 5.32. The van der Waals surface area contributed by atoms with Crippen LogP contribution >= 0.6 is 0 Å². The molecule has 0 radical (unpaired) electrons. The normalized spacial score (nSPS) is 24.7. The average molecular weight is 450 g/mol. The summed E-state index contributed by atoms with van der Waals surface area (Å²) in [4.78, 5) is 12.0. The van der Waals surface area contributed by atoms with Gasteiger partial charge in [-0.15, -0.1) is 0 Å². The van der Waals surface area contributed by atoms with Crippen molar-refractivity contribution in [3.8, 4) is 0 Å². The number of piperidine rings is 1. The number of anilines is 4. The molecule has 2 atom stereocenters. The monoisotopic (exact) mass is 449 g/mol. The third kappa shape index (κ3) is 4.52. The highest BCUT2D eigenvalue weighted by Crippen LogP contribution is 2.40. The minimum atomic E-state index is 0.415. The summed E-state index contributed by atoms with van der Waals surface area (Å²) in [6, 6.07) is 7.70. The number of H-pyrrole nitrogens is 1. The van der Waals surface area contributed by atoms with Crippen molar-refractivity contribution in [1.29, 1.82) is 0 Å².